The zero-order valence-electron chi connectivity index (χ0n) is 10.6. The molecule has 0 radical (unpaired) electrons. The summed E-state index contributed by atoms with van der Waals surface area (Å²) >= 11 is 0. The first-order valence-electron chi connectivity index (χ1n) is 6.22. The van der Waals surface area contributed by atoms with E-state index in [1.165, 1.54) is 0 Å². The van der Waals surface area contributed by atoms with Gasteiger partial charge in [0, 0.05) is 12.2 Å². The summed E-state index contributed by atoms with van der Waals surface area (Å²) in [5.74, 6) is 0. The molecule has 1 saturated heterocycles. The molecule has 0 saturated carbocycles. The summed E-state index contributed by atoms with van der Waals surface area (Å²) in [4.78, 5) is 2.24. The molecular formula is C13H19NO3S. The fourth-order valence-electron chi connectivity index (χ4n) is 2.34. The Bertz CT molecular complexity index is 472. The molecule has 0 bridgehead atoms. The number of nitrogens with zero attached hydrogens (tertiary/aromatic N) is 1. The lowest BCUT2D eigenvalue weighted by atomic mass is 10.0. The van der Waals surface area contributed by atoms with Crippen molar-refractivity contribution in [1.82, 2.24) is 0 Å². The molecule has 1 fully saturated rings. The van der Waals surface area contributed by atoms with Crippen molar-refractivity contribution in [2.24, 2.45) is 0 Å². The molecule has 1 unspecified atom stereocenters. The minimum Gasteiger partial charge on any atom is -0.366 e. The Labute approximate surface area is 109 Å². The molecule has 0 spiro atoms. The minimum absolute atomic E-state index is 0.149. The van der Waals surface area contributed by atoms with Gasteiger partial charge in [0.25, 0.3) is 10.1 Å². The van der Waals surface area contributed by atoms with E-state index in [1.54, 1.807) is 0 Å². The van der Waals surface area contributed by atoms with Crippen LogP contribution in [0.15, 0.2) is 30.3 Å². The maximum absolute atomic E-state index is 11.1. The van der Waals surface area contributed by atoms with Crippen LogP contribution in [0.4, 0.5) is 5.69 Å². The van der Waals surface area contributed by atoms with Gasteiger partial charge in [0.05, 0.1) is 18.9 Å². The Balaban J connectivity index is 2.07. The van der Waals surface area contributed by atoms with Crippen LogP contribution in [0.5, 0.6) is 0 Å². The first kappa shape index (κ1) is 13.4. The van der Waals surface area contributed by atoms with E-state index in [2.05, 4.69) is 17.0 Å². The third-order valence-electron chi connectivity index (χ3n) is 3.19. The number of hydrogen-bond acceptors (Lipinski definition) is 4. The molecule has 0 aromatic heterocycles. The van der Waals surface area contributed by atoms with Crippen molar-refractivity contribution in [2.45, 2.75) is 25.3 Å². The minimum atomic E-state index is -3.36. The molecule has 5 heteroatoms. The maximum atomic E-state index is 11.1. The predicted molar refractivity (Wildman–Crippen MR) is 72.2 cm³/mol. The standard InChI is InChI=1S/C13H19NO3S/c1-18(15,16)17-11-13-9-5-6-10-14(13)12-7-3-2-4-8-12/h2-4,7-8,13H,5-6,9-11H2,1H3. The Kier molecular flexibility index (Phi) is 4.24. The molecule has 2 rings (SSSR count). The van der Waals surface area contributed by atoms with Crippen LogP contribution in [0.1, 0.15) is 19.3 Å². The van der Waals surface area contributed by atoms with Gasteiger partial charge in [-0.2, -0.15) is 8.42 Å². The molecule has 1 aromatic carbocycles. The Morgan fingerprint density at radius 1 is 1.28 bits per heavy atom. The quantitative estimate of drug-likeness (QED) is 0.785. The van der Waals surface area contributed by atoms with Crippen molar-refractivity contribution in [3.8, 4) is 0 Å². The second-order valence-corrected chi connectivity index (χ2v) is 6.31. The Hall–Kier alpha value is -1.07. The summed E-state index contributed by atoms with van der Waals surface area (Å²) in [5, 5.41) is 0. The SMILES string of the molecule is CS(=O)(=O)OCC1CCCCN1c1ccccc1. The van der Waals surface area contributed by atoms with E-state index in [0.29, 0.717) is 0 Å². The van der Waals surface area contributed by atoms with Gasteiger partial charge in [-0.15, -0.1) is 0 Å². The Morgan fingerprint density at radius 2 is 2.00 bits per heavy atom. The summed E-state index contributed by atoms with van der Waals surface area (Å²) < 4.78 is 27.1. The van der Waals surface area contributed by atoms with Gasteiger partial charge in [-0.25, -0.2) is 0 Å². The van der Waals surface area contributed by atoms with Gasteiger partial charge in [0.2, 0.25) is 0 Å². The average Bonchev–Trinajstić information content (AvgIpc) is 2.37. The van der Waals surface area contributed by atoms with E-state index in [-0.39, 0.29) is 12.6 Å². The van der Waals surface area contributed by atoms with Gasteiger partial charge in [-0.3, -0.25) is 4.18 Å². The van der Waals surface area contributed by atoms with Gasteiger partial charge in [0.15, 0.2) is 0 Å². The van der Waals surface area contributed by atoms with Crippen molar-refractivity contribution < 1.29 is 12.6 Å². The van der Waals surface area contributed by atoms with Crippen LogP contribution < -0.4 is 4.90 Å². The molecule has 1 atom stereocenters. The number of para-hydroxylation sites is 1. The summed E-state index contributed by atoms with van der Waals surface area (Å²) in [7, 11) is -3.36. The van der Waals surface area contributed by atoms with E-state index in [1.807, 2.05) is 18.2 Å². The van der Waals surface area contributed by atoms with Crippen molar-refractivity contribution in [3.05, 3.63) is 30.3 Å². The normalized spacial score (nSPS) is 20.9. The zero-order chi connectivity index (χ0) is 13.0. The molecule has 18 heavy (non-hydrogen) atoms. The van der Waals surface area contributed by atoms with Gasteiger partial charge in [-0.05, 0) is 31.4 Å². The second kappa shape index (κ2) is 5.71. The number of piperidine rings is 1. The van der Waals surface area contributed by atoms with Crippen LogP contribution in [0.2, 0.25) is 0 Å². The maximum Gasteiger partial charge on any atom is 0.264 e. The second-order valence-electron chi connectivity index (χ2n) is 4.67. The lowest BCUT2D eigenvalue weighted by molar-refractivity contribution is 0.267. The van der Waals surface area contributed by atoms with Crippen molar-refractivity contribution in [1.29, 1.82) is 0 Å². The van der Waals surface area contributed by atoms with Crippen molar-refractivity contribution in [2.75, 3.05) is 24.3 Å². The monoisotopic (exact) mass is 269 g/mol. The molecule has 0 amide bonds. The molecule has 1 aliphatic rings. The van der Waals surface area contributed by atoms with E-state index in [0.717, 1.165) is 37.8 Å². The van der Waals surface area contributed by atoms with Crippen molar-refractivity contribution in [3.63, 3.8) is 0 Å². The molecular weight excluding hydrogens is 250 g/mol. The topological polar surface area (TPSA) is 46.6 Å². The largest absolute Gasteiger partial charge is 0.366 e. The fourth-order valence-corrected chi connectivity index (χ4v) is 2.74. The molecule has 1 heterocycles. The highest BCUT2D eigenvalue weighted by atomic mass is 32.2. The van der Waals surface area contributed by atoms with Gasteiger partial charge >= 0.3 is 0 Å². The number of anilines is 1. The van der Waals surface area contributed by atoms with Crippen LogP contribution in [0.3, 0.4) is 0 Å². The first-order valence-corrected chi connectivity index (χ1v) is 8.04. The zero-order valence-corrected chi connectivity index (χ0v) is 11.4. The highest BCUT2D eigenvalue weighted by molar-refractivity contribution is 7.85. The van der Waals surface area contributed by atoms with Gasteiger partial charge < -0.3 is 4.90 Å². The molecule has 0 N–H and O–H groups in total. The lowest BCUT2D eigenvalue weighted by Gasteiger charge is -2.37. The number of hydrogen-bond donors (Lipinski definition) is 0. The van der Waals surface area contributed by atoms with Crippen LogP contribution in [0.25, 0.3) is 0 Å². The smallest absolute Gasteiger partial charge is 0.264 e. The highest BCUT2D eigenvalue weighted by Gasteiger charge is 2.23. The number of benzene rings is 1. The summed E-state index contributed by atoms with van der Waals surface area (Å²) in [6.07, 6.45) is 4.35. The summed E-state index contributed by atoms with van der Waals surface area (Å²) in [6.45, 7) is 1.20. The van der Waals surface area contributed by atoms with E-state index < -0.39 is 10.1 Å². The van der Waals surface area contributed by atoms with Crippen LogP contribution >= 0.6 is 0 Å². The third kappa shape index (κ3) is 3.71. The predicted octanol–water partition coefficient (Wildman–Crippen LogP) is 2.02. The van der Waals surface area contributed by atoms with Crippen LogP contribution in [-0.2, 0) is 14.3 Å². The third-order valence-corrected chi connectivity index (χ3v) is 3.75. The van der Waals surface area contributed by atoms with Crippen LogP contribution in [-0.4, -0.2) is 33.9 Å². The fraction of sp³-hybridized carbons (Fsp3) is 0.538. The first-order chi connectivity index (χ1) is 8.56. The highest BCUT2D eigenvalue weighted by Crippen LogP contribution is 2.24. The van der Waals surface area contributed by atoms with Gasteiger partial charge in [0.1, 0.15) is 0 Å². The molecule has 1 aliphatic heterocycles. The summed E-state index contributed by atoms with van der Waals surface area (Å²) in [5.41, 5.74) is 1.14. The molecule has 1 aromatic rings. The average molecular weight is 269 g/mol. The van der Waals surface area contributed by atoms with E-state index in [9.17, 15) is 8.42 Å². The number of rotatable bonds is 4. The van der Waals surface area contributed by atoms with Crippen LogP contribution in [0, 0.1) is 0 Å². The van der Waals surface area contributed by atoms with Crippen molar-refractivity contribution >= 4 is 15.8 Å². The molecule has 4 nitrogen and oxygen atoms in total. The van der Waals surface area contributed by atoms with E-state index in [4.69, 9.17) is 4.18 Å². The lowest BCUT2D eigenvalue weighted by Crippen LogP contribution is -2.42. The van der Waals surface area contributed by atoms with Gasteiger partial charge in [-0.1, -0.05) is 18.2 Å². The summed E-state index contributed by atoms with van der Waals surface area (Å²) in [6, 6.07) is 10.2. The molecule has 100 valence electrons. The Morgan fingerprint density at radius 3 is 2.67 bits per heavy atom. The molecule has 0 aliphatic carbocycles. The van der Waals surface area contributed by atoms with E-state index >= 15 is 0 Å².